The van der Waals surface area contributed by atoms with Gasteiger partial charge in [-0.05, 0) is 59.3 Å². The van der Waals surface area contributed by atoms with E-state index in [1.165, 1.54) is 6.07 Å². The molecule has 0 saturated heterocycles. The van der Waals surface area contributed by atoms with E-state index in [9.17, 15) is 8.42 Å². The Hall–Kier alpha value is -2.69. The van der Waals surface area contributed by atoms with Crippen LogP contribution in [0.25, 0.3) is 11.0 Å². The van der Waals surface area contributed by atoms with Gasteiger partial charge in [0.05, 0.1) is 27.1 Å². The van der Waals surface area contributed by atoms with Crippen molar-refractivity contribution < 1.29 is 13.2 Å². The molecule has 0 unspecified atom stereocenters. The summed E-state index contributed by atoms with van der Waals surface area (Å²) in [5.41, 5.74) is 1.87. The average molecular weight is 505 g/mol. The molecule has 0 atom stereocenters. The van der Waals surface area contributed by atoms with Gasteiger partial charge in [0.25, 0.3) is 10.0 Å². The normalized spacial score (nSPS) is 11.4. The molecular weight excluding hydrogens is 488 g/mol. The summed E-state index contributed by atoms with van der Waals surface area (Å²) >= 11 is 4.41. The van der Waals surface area contributed by atoms with Crippen molar-refractivity contribution in [2.45, 2.75) is 11.1 Å². The lowest BCUT2D eigenvalue weighted by Gasteiger charge is -2.15. The summed E-state index contributed by atoms with van der Waals surface area (Å²) in [4.78, 5) is 9.09. The van der Waals surface area contributed by atoms with E-state index in [1.807, 2.05) is 49.4 Å². The molecule has 2 aromatic heterocycles. The van der Waals surface area contributed by atoms with E-state index in [4.69, 9.17) is 4.74 Å². The molecule has 0 aliphatic rings. The van der Waals surface area contributed by atoms with Crippen LogP contribution in [0.1, 0.15) is 6.92 Å². The highest BCUT2D eigenvalue weighted by Crippen LogP contribution is 2.33. The first kappa shape index (κ1) is 20.6. The number of anilines is 3. The van der Waals surface area contributed by atoms with Gasteiger partial charge in [-0.15, -0.1) is 11.3 Å². The topological polar surface area (TPSA) is 93.2 Å². The van der Waals surface area contributed by atoms with Gasteiger partial charge in [0, 0.05) is 0 Å². The predicted octanol–water partition coefficient (Wildman–Crippen LogP) is 5.40. The minimum absolute atomic E-state index is 0.101. The number of sulfonamides is 1. The van der Waals surface area contributed by atoms with Gasteiger partial charge in [-0.1, -0.05) is 24.3 Å². The van der Waals surface area contributed by atoms with Gasteiger partial charge in [-0.25, -0.2) is 18.4 Å². The molecule has 0 saturated carbocycles. The van der Waals surface area contributed by atoms with Crippen LogP contribution in [0.4, 0.5) is 17.3 Å². The Balaban J connectivity index is 1.78. The molecule has 2 N–H and O–H groups in total. The second-order valence-electron chi connectivity index (χ2n) is 6.13. The lowest BCUT2D eigenvalue weighted by molar-refractivity contribution is 0.342. The van der Waals surface area contributed by atoms with E-state index in [2.05, 4.69) is 35.9 Å². The molecule has 0 aliphatic heterocycles. The number of nitrogens with zero attached hydrogens (tertiary/aromatic N) is 2. The number of benzene rings is 2. The maximum Gasteiger partial charge on any atom is 0.272 e. The number of hydrogen-bond acceptors (Lipinski definition) is 7. The quantitative estimate of drug-likeness (QED) is 0.350. The number of aromatic nitrogens is 2. The van der Waals surface area contributed by atoms with Gasteiger partial charge < -0.3 is 10.1 Å². The summed E-state index contributed by atoms with van der Waals surface area (Å²) < 4.78 is 34.9. The molecule has 2 aromatic carbocycles. The van der Waals surface area contributed by atoms with Gasteiger partial charge >= 0.3 is 0 Å². The third kappa shape index (κ3) is 4.40. The number of para-hydroxylation sites is 4. The van der Waals surface area contributed by atoms with Crippen LogP contribution < -0.4 is 14.8 Å². The second kappa shape index (κ2) is 8.58. The fourth-order valence-corrected chi connectivity index (χ4v) is 5.78. The van der Waals surface area contributed by atoms with Crippen molar-refractivity contribution >= 4 is 65.6 Å². The maximum absolute atomic E-state index is 12.9. The maximum atomic E-state index is 12.9. The summed E-state index contributed by atoms with van der Waals surface area (Å²) in [7, 11) is -3.83. The molecular formula is C20H17BrN4O3S2. The summed E-state index contributed by atoms with van der Waals surface area (Å²) in [5, 5.41) is 3.17. The molecule has 4 aromatic rings. The molecule has 7 nitrogen and oxygen atoms in total. The number of thiophene rings is 1. The van der Waals surface area contributed by atoms with Crippen LogP contribution in [-0.4, -0.2) is 25.0 Å². The molecule has 154 valence electrons. The Morgan fingerprint density at radius 1 is 0.967 bits per heavy atom. The van der Waals surface area contributed by atoms with Crippen molar-refractivity contribution in [3.8, 4) is 5.75 Å². The number of fused-ring (bicyclic) bond motifs is 1. The van der Waals surface area contributed by atoms with Gasteiger partial charge in [-0.2, -0.15) is 0 Å². The van der Waals surface area contributed by atoms with Crippen LogP contribution in [0.2, 0.25) is 0 Å². The van der Waals surface area contributed by atoms with E-state index in [1.54, 1.807) is 12.1 Å². The Labute approximate surface area is 186 Å². The van der Waals surface area contributed by atoms with Crippen LogP contribution in [0, 0.1) is 0 Å². The zero-order valence-corrected chi connectivity index (χ0v) is 19.0. The fourth-order valence-electron chi connectivity index (χ4n) is 2.76. The van der Waals surface area contributed by atoms with Crippen LogP contribution in [0.5, 0.6) is 5.75 Å². The summed E-state index contributed by atoms with van der Waals surface area (Å²) in [6.07, 6.45) is 0. The van der Waals surface area contributed by atoms with Crippen LogP contribution in [0.3, 0.4) is 0 Å². The van der Waals surface area contributed by atoms with E-state index in [-0.39, 0.29) is 15.8 Å². The SMILES string of the molecule is CCOc1ccccc1Nc1nc2ccccc2nc1NS(=O)(=O)c1ccc(Br)s1. The fraction of sp³-hybridized carbons (Fsp3) is 0.100. The molecule has 4 rings (SSSR count). The molecule has 0 spiro atoms. The Morgan fingerprint density at radius 3 is 2.30 bits per heavy atom. The lowest BCUT2D eigenvalue weighted by atomic mass is 10.3. The largest absolute Gasteiger partial charge is 0.492 e. The molecule has 30 heavy (non-hydrogen) atoms. The van der Waals surface area contributed by atoms with Crippen molar-refractivity contribution in [1.29, 1.82) is 0 Å². The first-order valence-corrected chi connectivity index (χ1v) is 12.1. The van der Waals surface area contributed by atoms with Gasteiger partial charge in [0.2, 0.25) is 0 Å². The average Bonchev–Trinajstić information content (AvgIpc) is 3.17. The zero-order chi connectivity index (χ0) is 21.1. The summed E-state index contributed by atoms with van der Waals surface area (Å²) in [6.45, 7) is 2.39. The Bertz CT molecular complexity index is 1310. The minimum Gasteiger partial charge on any atom is -0.492 e. The predicted molar refractivity (Wildman–Crippen MR) is 123 cm³/mol. The van der Waals surface area contributed by atoms with Crippen molar-refractivity contribution in [3.63, 3.8) is 0 Å². The van der Waals surface area contributed by atoms with Crippen LogP contribution in [-0.2, 0) is 10.0 Å². The smallest absolute Gasteiger partial charge is 0.272 e. The van der Waals surface area contributed by atoms with Gasteiger partial charge in [0.15, 0.2) is 11.6 Å². The lowest BCUT2D eigenvalue weighted by Crippen LogP contribution is -2.15. The number of nitrogens with one attached hydrogen (secondary N) is 2. The molecule has 10 heteroatoms. The van der Waals surface area contributed by atoms with E-state index >= 15 is 0 Å². The zero-order valence-electron chi connectivity index (χ0n) is 15.8. The standard InChI is InChI=1S/C20H17BrN4O3S2/c1-2-28-16-10-6-5-9-15(16)24-19-20(23-14-8-4-3-7-13(14)22-19)25-30(26,27)18-12-11-17(21)29-18/h3-12H,2H2,1H3,(H,22,24)(H,23,25). The molecule has 0 fully saturated rings. The monoisotopic (exact) mass is 504 g/mol. The van der Waals surface area contributed by atoms with Crippen molar-refractivity contribution in [2.24, 2.45) is 0 Å². The molecule has 0 bridgehead atoms. The van der Waals surface area contributed by atoms with Gasteiger partial charge in [-0.3, -0.25) is 4.72 Å². The summed E-state index contributed by atoms with van der Waals surface area (Å²) in [5.74, 6) is 1.01. The molecule has 0 aliphatic carbocycles. The summed E-state index contributed by atoms with van der Waals surface area (Å²) in [6, 6.07) is 17.9. The van der Waals surface area contributed by atoms with E-state index < -0.39 is 10.0 Å². The highest BCUT2D eigenvalue weighted by atomic mass is 79.9. The molecule has 0 radical (unpaired) electrons. The number of ether oxygens (including phenoxy) is 1. The Morgan fingerprint density at radius 2 is 1.63 bits per heavy atom. The first-order chi connectivity index (χ1) is 14.5. The second-order valence-corrected chi connectivity index (χ2v) is 10.5. The third-order valence-electron chi connectivity index (χ3n) is 4.05. The number of hydrogen-bond donors (Lipinski definition) is 2. The van der Waals surface area contributed by atoms with Crippen molar-refractivity contribution in [2.75, 3.05) is 16.6 Å². The highest BCUT2D eigenvalue weighted by molar-refractivity contribution is 9.11. The Kier molecular flexibility index (Phi) is 5.89. The number of rotatable bonds is 7. The van der Waals surface area contributed by atoms with E-state index in [0.29, 0.717) is 29.1 Å². The molecule has 0 amide bonds. The van der Waals surface area contributed by atoms with Crippen molar-refractivity contribution in [1.82, 2.24) is 9.97 Å². The highest BCUT2D eigenvalue weighted by Gasteiger charge is 2.21. The first-order valence-electron chi connectivity index (χ1n) is 9.00. The van der Waals surface area contributed by atoms with Crippen LogP contribution in [0.15, 0.2) is 68.7 Å². The van der Waals surface area contributed by atoms with E-state index in [0.717, 1.165) is 15.1 Å². The third-order valence-corrected chi connectivity index (χ3v) is 7.51. The van der Waals surface area contributed by atoms with Crippen molar-refractivity contribution in [3.05, 3.63) is 64.5 Å². The molecule has 2 heterocycles. The van der Waals surface area contributed by atoms with Gasteiger partial charge in [0.1, 0.15) is 9.96 Å². The minimum atomic E-state index is -3.83. The van der Waals surface area contributed by atoms with Crippen LogP contribution >= 0.6 is 27.3 Å². The number of halogens is 1.